The van der Waals surface area contributed by atoms with Gasteiger partial charge in [-0.05, 0) is 59.9 Å². The first-order valence-corrected chi connectivity index (χ1v) is 12.3. The van der Waals surface area contributed by atoms with Crippen molar-refractivity contribution in [2.24, 2.45) is 11.3 Å². The second-order valence-electron chi connectivity index (χ2n) is 10.9. The lowest BCUT2D eigenvalue weighted by Crippen LogP contribution is -2.44. The lowest BCUT2D eigenvalue weighted by molar-refractivity contribution is -0.154. The van der Waals surface area contributed by atoms with Gasteiger partial charge >= 0.3 is 5.97 Å². The highest BCUT2D eigenvalue weighted by Crippen LogP contribution is 2.50. The van der Waals surface area contributed by atoms with E-state index in [1.807, 2.05) is 44.2 Å². The van der Waals surface area contributed by atoms with E-state index in [9.17, 15) is 15.0 Å². The summed E-state index contributed by atoms with van der Waals surface area (Å²) in [6.07, 6.45) is 4.69. The number of aromatic nitrogens is 3. The number of aliphatic carboxylic acids is 1. The van der Waals surface area contributed by atoms with Crippen molar-refractivity contribution in [2.75, 3.05) is 5.32 Å². The van der Waals surface area contributed by atoms with Crippen molar-refractivity contribution in [2.45, 2.75) is 64.9 Å². The first-order chi connectivity index (χ1) is 15.9. The maximum absolute atomic E-state index is 11.6. The second kappa shape index (κ2) is 8.74. The topological polar surface area (TPSA) is 108 Å². The number of nitrogens with one attached hydrogen (secondary N) is 1. The summed E-state index contributed by atoms with van der Waals surface area (Å²) in [5.41, 5.74) is 0.295. The summed E-state index contributed by atoms with van der Waals surface area (Å²) in [5.74, 6) is 0.131. The average Bonchev–Trinajstić information content (AvgIpc) is 3.24. The first kappa shape index (κ1) is 24.3. The van der Waals surface area contributed by atoms with Gasteiger partial charge in [-0.25, -0.2) is 15.0 Å². The van der Waals surface area contributed by atoms with E-state index in [4.69, 9.17) is 4.98 Å². The van der Waals surface area contributed by atoms with Crippen LogP contribution in [0.25, 0.3) is 10.6 Å². The quantitative estimate of drug-likeness (QED) is 0.427. The Balaban J connectivity index is 1.55. The number of hydrogen-bond donors (Lipinski definition) is 3. The third-order valence-corrected chi connectivity index (χ3v) is 7.84. The third-order valence-electron chi connectivity index (χ3n) is 6.62. The molecule has 0 saturated heterocycles. The fourth-order valence-electron chi connectivity index (χ4n) is 4.73. The van der Waals surface area contributed by atoms with Crippen LogP contribution in [0.5, 0.6) is 0 Å². The zero-order chi connectivity index (χ0) is 24.7. The Hall–Kier alpha value is -2.84. The first-order valence-electron chi connectivity index (χ1n) is 11.5. The van der Waals surface area contributed by atoms with Gasteiger partial charge in [0.1, 0.15) is 22.2 Å². The molecule has 7 nitrogen and oxygen atoms in total. The number of nitrogens with zero attached hydrogens (tertiary/aromatic N) is 3. The number of hydrogen-bond acceptors (Lipinski definition) is 7. The molecule has 3 heterocycles. The highest BCUT2D eigenvalue weighted by molar-refractivity contribution is 7.15. The Morgan fingerprint density at radius 2 is 1.94 bits per heavy atom. The number of carboxylic acids is 1. The standard InChI is InChI=1S/C26H32N4O3S/c1-24(2,3)16-10-12-27-21(13-16)30-20-8-6-7-18(29-20)19-14-28-23(34-19)26(33)11-9-17(22(31)32)25(4,5)15-26/h6-8,10,12-14,17,33H,9,11,15H2,1-5H3,(H,31,32)(H,27,29,30)/t17-,26-/m1/s1. The van der Waals surface area contributed by atoms with Crippen LogP contribution >= 0.6 is 11.3 Å². The Morgan fingerprint density at radius 1 is 1.18 bits per heavy atom. The van der Waals surface area contributed by atoms with E-state index in [1.54, 1.807) is 12.4 Å². The van der Waals surface area contributed by atoms with Crippen molar-refractivity contribution < 1.29 is 15.0 Å². The molecule has 8 heteroatoms. The summed E-state index contributed by atoms with van der Waals surface area (Å²) in [4.78, 5) is 26.2. The van der Waals surface area contributed by atoms with E-state index in [1.165, 1.54) is 16.9 Å². The highest BCUT2D eigenvalue weighted by atomic mass is 32.1. The molecule has 1 aliphatic rings. The molecule has 0 spiro atoms. The molecular formula is C26H32N4O3S. The molecule has 0 aliphatic heterocycles. The van der Waals surface area contributed by atoms with Gasteiger partial charge in [0.05, 0.1) is 16.5 Å². The predicted molar refractivity (Wildman–Crippen MR) is 134 cm³/mol. The molecule has 0 unspecified atom stereocenters. The molecule has 1 aliphatic carbocycles. The van der Waals surface area contributed by atoms with Gasteiger partial charge in [0.25, 0.3) is 0 Å². The minimum Gasteiger partial charge on any atom is -0.481 e. The van der Waals surface area contributed by atoms with Gasteiger partial charge < -0.3 is 15.5 Å². The number of thiazole rings is 1. The van der Waals surface area contributed by atoms with Crippen LogP contribution in [-0.4, -0.2) is 31.1 Å². The molecule has 1 fully saturated rings. The van der Waals surface area contributed by atoms with Crippen LogP contribution in [0.2, 0.25) is 0 Å². The van der Waals surface area contributed by atoms with Crippen molar-refractivity contribution in [3.05, 3.63) is 53.3 Å². The number of aliphatic hydroxyl groups is 1. The summed E-state index contributed by atoms with van der Waals surface area (Å²) in [6.45, 7) is 10.3. The van der Waals surface area contributed by atoms with E-state index in [0.29, 0.717) is 30.1 Å². The lowest BCUT2D eigenvalue weighted by atomic mass is 9.63. The molecule has 0 radical (unpaired) electrons. The summed E-state index contributed by atoms with van der Waals surface area (Å²) in [7, 11) is 0. The summed E-state index contributed by atoms with van der Waals surface area (Å²) in [6, 6.07) is 9.78. The molecule has 0 bridgehead atoms. The zero-order valence-corrected chi connectivity index (χ0v) is 21.1. The summed E-state index contributed by atoms with van der Waals surface area (Å²) < 4.78 is 0. The van der Waals surface area contributed by atoms with Crippen LogP contribution in [0, 0.1) is 11.3 Å². The number of carboxylic acid groups (broad SMARTS) is 1. The monoisotopic (exact) mass is 480 g/mol. The van der Waals surface area contributed by atoms with Crippen LogP contribution in [0.4, 0.5) is 11.6 Å². The van der Waals surface area contributed by atoms with Gasteiger partial charge in [0, 0.05) is 12.4 Å². The van der Waals surface area contributed by atoms with Crippen LogP contribution in [-0.2, 0) is 15.8 Å². The maximum Gasteiger partial charge on any atom is 0.307 e. The van der Waals surface area contributed by atoms with E-state index in [2.05, 4.69) is 36.1 Å². The SMILES string of the molecule is CC(C)(C)c1ccnc(Nc2cccc(-c3cnc([C@@]4(O)CC[C@H](C(=O)O)C(C)(C)C4)s3)n2)c1. The van der Waals surface area contributed by atoms with Crippen molar-refractivity contribution in [3.63, 3.8) is 0 Å². The van der Waals surface area contributed by atoms with Crippen molar-refractivity contribution in [3.8, 4) is 10.6 Å². The van der Waals surface area contributed by atoms with E-state index >= 15 is 0 Å². The van der Waals surface area contributed by atoms with E-state index in [-0.39, 0.29) is 5.41 Å². The molecule has 3 aromatic heterocycles. The van der Waals surface area contributed by atoms with Crippen LogP contribution in [0.3, 0.4) is 0 Å². The minimum atomic E-state index is -1.13. The fourth-order valence-corrected chi connectivity index (χ4v) is 5.73. The molecule has 2 atom stereocenters. The molecular weight excluding hydrogens is 448 g/mol. The summed E-state index contributed by atoms with van der Waals surface area (Å²) >= 11 is 1.41. The van der Waals surface area contributed by atoms with Gasteiger partial charge in [0.15, 0.2) is 0 Å². The Morgan fingerprint density at radius 3 is 2.62 bits per heavy atom. The zero-order valence-electron chi connectivity index (χ0n) is 20.3. The van der Waals surface area contributed by atoms with E-state index < -0.39 is 22.9 Å². The van der Waals surface area contributed by atoms with E-state index in [0.717, 1.165) is 16.4 Å². The van der Waals surface area contributed by atoms with Crippen LogP contribution in [0.15, 0.2) is 42.7 Å². The van der Waals surface area contributed by atoms with Crippen LogP contribution in [0.1, 0.15) is 64.5 Å². The highest BCUT2D eigenvalue weighted by Gasteiger charge is 2.49. The Labute approximate surface area is 204 Å². The molecule has 0 aromatic carbocycles. The lowest BCUT2D eigenvalue weighted by Gasteiger charge is -2.44. The van der Waals surface area contributed by atoms with Crippen molar-refractivity contribution >= 4 is 28.9 Å². The Kier molecular flexibility index (Phi) is 6.25. The molecule has 0 amide bonds. The number of anilines is 2. The smallest absolute Gasteiger partial charge is 0.307 e. The normalized spacial score (nSPS) is 22.4. The predicted octanol–water partition coefficient (Wildman–Crippen LogP) is 5.74. The number of rotatable bonds is 5. The van der Waals surface area contributed by atoms with Gasteiger partial charge in [-0.3, -0.25) is 4.79 Å². The van der Waals surface area contributed by atoms with Gasteiger partial charge in [0.2, 0.25) is 0 Å². The van der Waals surface area contributed by atoms with Gasteiger partial charge in [-0.1, -0.05) is 40.7 Å². The van der Waals surface area contributed by atoms with Crippen LogP contribution < -0.4 is 5.32 Å². The van der Waals surface area contributed by atoms with Gasteiger partial charge in [-0.2, -0.15) is 0 Å². The summed E-state index contributed by atoms with van der Waals surface area (Å²) in [5, 5.41) is 24.8. The molecule has 3 aromatic rings. The maximum atomic E-state index is 11.6. The fraction of sp³-hybridized carbons (Fsp3) is 0.462. The minimum absolute atomic E-state index is 0.0199. The molecule has 180 valence electrons. The molecule has 34 heavy (non-hydrogen) atoms. The molecule has 3 N–H and O–H groups in total. The van der Waals surface area contributed by atoms with Gasteiger partial charge in [-0.15, -0.1) is 11.3 Å². The third kappa shape index (κ3) is 4.98. The largest absolute Gasteiger partial charge is 0.481 e. The number of carbonyl (C=O) groups is 1. The Bertz CT molecular complexity index is 1200. The second-order valence-corrected chi connectivity index (χ2v) is 11.9. The molecule has 1 saturated carbocycles. The average molecular weight is 481 g/mol. The molecule has 4 rings (SSSR count). The van der Waals surface area contributed by atoms with Crippen molar-refractivity contribution in [1.82, 2.24) is 15.0 Å². The van der Waals surface area contributed by atoms with Crippen molar-refractivity contribution in [1.29, 1.82) is 0 Å². The number of pyridine rings is 2.